The second-order valence-electron chi connectivity index (χ2n) is 2.65. The number of nitro benzene ring substituents is 1. The van der Waals surface area contributed by atoms with Gasteiger partial charge in [0, 0.05) is 6.07 Å². The Bertz CT molecular complexity index is 379. The molecule has 0 aromatic heterocycles. The van der Waals surface area contributed by atoms with Crippen molar-refractivity contribution in [1.82, 2.24) is 0 Å². The van der Waals surface area contributed by atoms with Crippen molar-refractivity contribution < 1.29 is 18.6 Å². The van der Waals surface area contributed by atoms with Crippen molar-refractivity contribution in [3.8, 4) is 5.75 Å². The largest absolute Gasteiger partial charge is 0.488 e. The van der Waals surface area contributed by atoms with E-state index < -0.39 is 10.7 Å². The molecular weight excluding hydrogens is 351 g/mol. The first kappa shape index (κ1) is 13.5. The maximum Gasteiger partial charge on any atom is 0.273 e. The fourth-order valence-corrected chi connectivity index (χ4v) is 1.77. The Morgan fingerprint density at radius 1 is 1.50 bits per heavy atom. The van der Waals surface area contributed by atoms with Crippen LogP contribution in [0.15, 0.2) is 18.2 Å². The van der Waals surface area contributed by atoms with E-state index in [2.05, 4.69) is 0 Å². The number of ether oxygens (including phenoxy) is 1. The van der Waals surface area contributed by atoms with E-state index in [-0.39, 0.29) is 18.0 Å². The topological polar surface area (TPSA) is 61.6 Å². The van der Waals surface area contributed by atoms with Gasteiger partial charge in [-0.3, -0.25) is 10.1 Å². The highest BCUT2D eigenvalue weighted by atomic mass is 127. The molecule has 0 aliphatic heterocycles. The van der Waals surface area contributed by atoms with Gasteiger partial charge in [-0.05, 0) is 28.1 Å². The Morgan fingerprint density at radius 2 is 2.25 bits per heavy atom. The van der Waals surface area contributed by atoms with Crippen LogP contribution in [0.2, 0.25) is 0 Å². The van der Waals surface area contributed by atoms with Gasteiger partial charge in [0.2, 0.25) is 0 Å². The lowest BCUT2D eigenvalue weighted by molar-refractivity contribution is -0.385. The lowest BCUT2D eigenvalue weighted by Crippen LogP contribution is -2.04. The molecule has 1 atom stereocenters. The maximum absolute atomic E-state index is 13.2. The molecule has 1 aromatic carbocycles. The van der Waals surface area contributed by atoms with E-state index in [1.807, 2.05) is 22.0 Å². The van der Waals surface area contributed by atoms with Gasteiger partial charge >= 0.3 is 0 Å². The van der Waals surface area contributed by atoms with E-state index in [1.54, 1.807) is 0 Å². The van der Waals surface area contributed by atoms with Gasteiger partial charge in [-0.15, -0.1) is 0 Å². The standard InChI is InChI=1S/C8H8FINO4P/c9-7-2-1-6(11(12)13)5-8(7)14-3-4-15-16-10/h1-2,5,16H,3-4H2. The van der Waals surface area contributed by atoms with Crippen molar-refractivity contribution in [2.75, 3.05) is 13.2 Å². The van der Waals surface area contributed by atoms with Crippen molar-refractivity contribution in [3.05, 3.63) is 34.1 Å². The van der Waals surface area contributed by atoms with Gasteiger partial charge in [0.1, 0.15) is 6.61 Å². The van der Waals surface area contributed by atoms with Crippen LogP contribution in [-0.2, 0) is 4.52 Å². The van der Waals surface area contributed by atoms with Crippen molar-refractivity contribution in [1.29, 1.82) is 0 Å². The van der Waals surface area contributed by atoms with E-state index in [4.69, 9.17) is 9.26 Å². The Kier molecular flexibility index (Phi) is 5.86. The van der Waals surface area contributed by atoms with Crippen LogP contribution in [0.3, 0.4) is 0 Å². The third kappa shape index (κ3) is 4.15. The summed E-state index contributed by atoms with van der Waals surface area (Å²) in [7, 11) is 0. The highest BCUT2D eigenvalue weighted by Crippen LogP contribution is 2.24. The average Bonchev–Trinajstić information content (AvgIpc) is 2.26. The molecule has 8 heteroatoms. The van der Waals surface area contributed by atoms with Crippen LogP contribution in [0.1, 0.15) is 0 Å². The minimum atomic E-state index is -0.623. The van der Waals surface area contributed by atoms with E-state index in [9.17, 15) is 14.5 Å². The van der Waals surface area contributed by atoms with Crippen LogP contribution in [0.4, 0.5) is 10.1 Å². The molecule has 0 spiro atoms. The lowest BCUT2D eigenvalue weighted by Gasteiger charge is -2.06. The molecule has 1 unspecified atom stereocenters. The van der Waals surface area contributed by atoms with E-state index in [0.717, 1.165) is 18.2 Å². The number of rotatable bonds is 6. The molecule has 0 aliphatic rings. The predicted octanol–water partition coefficient (Wildman–Crippen LogP) is 3.07. The minimum absolute atomic E-state index is 0.130. The number of benzene rings is 1. The monoisotopic (exact) mass is 359 g/mol. The molecule has 0 bridgehead atoms. The molecule has 0 fully saturated rings. The molecule has 0 heterocycles. The summed E-state index contributed by atoms with van der Waals surface area (Å²) >= 11 is 2.05. The number of nitrogens with zero attached hydrogens (tertiary/aromatic N) is 1. The molecule has 0 saturated heterocycles. The van der Waals surface area contributed by atoms with Crippen LogP contribution in [0.25, 0.3) is 0 Å². The normalized spacial score (nSPS) is 10.9. The summed E-state index contributed by atoms with van der Waals surface area (Å²) in [5.41, 5.74) is -0.201. The Hall–Kier alpha value is -0.530. The van der Waals surface area contributed by atoms with Crippen LogP contribution >= 0.6 is 28.5 Å². The average molecular weight is 359 g/mol. The van der Waals surface area contributed by atoms with Crippen molar-refractivity contribution >= 4 is 34.2 Å². The van der Waals surface area contributed by atoms with E-state index in [0.29, 0.717) is 13.1 Å². The highest BCUT2D eigenvalue weighted by molar-refractivity contribution is 14.2. The molecule has 0 amide bonds. The SMILES string of the molecule is O=[N+]([O-])c1ccc(F)c(OCCOPI)c1. The first-order valence-electron chi connectivity index (χ1n) is 4.19. The molecule has 88 valence electrons. The molecule has 0 aliphatic carbocycles. The first-order valence-corrected chi connectivity index (χ1v) is 8.21. The van der Waals surface area contributed by atoms with Gasteiger partial charge in [0.25, 0.3) is 5.69 Å². The van der Waals surface area contributed by atoms with Crippen molar-refractivity contribution in [2.45, 2.75) is 0 Å². The van der Waals surface area contributed by atoms with Crippen LogP contribution in [0, 0.1) is 15.9 Å². The zero-order chi connectivity index (χ0) is 12.0. The van der Waals surface area contributed by atoms with Crippen LogP contribution in [-0.4, -0.2) is 18.1 Å². The van der Waals surface area contributed by atoms with E-state index in [1.165, 1.54) is 0 Å². The Labute approximate surface area is 106 Å². The quantitative estimate of drug-likeness (QED) is 0.258. The number of nitro groups is 1. The summed E-state index contributed by atoms with van der Waals surface area (Å²) in [6.45, 7) is 0.788. The highest BCUT2D eigenvalue weighted by Gasteiger charge is 2.11. The minimum Gasteiger partial charge on any atom is -0.488 e. The maximum atomic E-state index is 13.2. The Balaban J connectivity index is 2.63. The van der Waals surface area contributed by atoms with Crippen LogP contribution in [0.5, 0.6) is 5.75 Å². The summed E-state index contributed by atoms with van der Waals surface area (Å²) in [6.07, 6.45) is 0. The van der Waals surface area contributed by atoms with Gasteiger partial charge in [-0.1, -0.05) is 0 Å². The molecule has 0 saturated carbocycles. The second-order valence-corrected chi connectivity index (χ2v) is 4.41. The number of halogens is 2. The fourth-order valence-electron chi connectivity index (χ4n) is 0.948. The fraction of sp³-hybridized carbons (Fsp3) is 0.250. The van der Waals surface area contributed by atoms with Crippen molar-refractivity contribution in [3.63, 3.8) is 0 Å². The smallest absolute Gasteiger partial charge is 0.273 e. The third-order valence-corrected chi connectivity index (χ3v) is 2.87. The first-order chi connectivity index (χ1) is 7.65. The van der Waals surface area contributed by atoms with Gasteiger partial charge in [0.05, 0.1) is 24.0 Å². The predicted molar refractivity (Wildman–Crippen MR) is 66.8 cm³/mol. The lowest BCUT2D eigenvalue weighted by atomic mass is 10.3. The van der Waals surface area contributed by atoms with Gasteiger partial charge in [0.15, 0.2) is 11.6 Å². The summed E-state index contributed by atoms with van der Waals surface area (Å²) in [4.78, 5) is 9.84. The summed E-state index contributed by atoms with van der Waals surface area (Å²) in [5, 5.41) is 10.4. The summed E-state index contributed by atoms with van der Waals surface area (Å²) in [6, 6.07) is 3.15. The zero-order valence-corrected chi connectivity index (χ0v) is 11.1. The molecule has 16 heavy (non-hydrogen) atoms. The third-order valence-electron chi connectivity index (χ3n) is 1.62. The van der Waals surface area contributed by atoms with E-state index >= 15 is 0 Å². The molecule has 0 radical (unpaired) electrons. The Morgan fingerprint density at radius 3 is 2.88 bits per heavy atom. The summed E-state index contributed by atoms with van der Waals surface area (Å²) in [5.74, 6) is -0.753. The second kappa shape index (κ2) is 6.93. The van der Waals surface area contributed by atoms with Gasteiger partial charge < -0.3 is 9.26 Å². The van der Waals surface area contributed by atoms with Crippen LogP contribution < -0.4 is 4.74 Å². The number of hydrogen-bond acceptors (Lipinski definition) is 4. The summed E-state index contributed by atoms with van der Waals surface area (Å²) < 4.78 is 23.2. The zero-order valence-electron chi connectivity index (χ0n) is 7.98. The van der Waals surface area contributed by atoms with Gasteiger partial charge in [-0.25, -0.2) is 4.39 Å². The molecule has 5 nitrogen and oxygen atoms in total. The number of non-ortho nitro benzene ring substituents is 1. The van der Waals surface area contributed by atoms with Gasteiger partial charge in [-0.2, -0.15) is 0 Å². The van der Waals surface area contributed by atoms with Crippen molar-refractivity contribution in [2.24, 2.45) is 0 Å². The molecule has 1 rings (SSSR count). The number of hydrogen-bond donors (Lipinski definition) is 0. The molecule has 1 aromatic rings. The molecular formula is C8H8FINO4P. The molecule has 0 N–H and O–H groups in total.